The summed E-state index contributed by atoms with van der Waals surface area (Å²) in [6.07, 6.45) is -3.80. The van der Waals surface area contributed by atoms with E-state index in [4.69, 9.17) is 0 Å². The van der Waals surface area contributed by atoms with Crippen LogP contribution in [-0.2, 0) is 12.5 Å². The van der Waals surface area contributed by atoms with Crippen LogP contribution in [0.25, 0.3) is 0 Å². The van der Waals surface area contributed by atoms with E-state index in [9.17, 15) is 35.5 Å². The highest BCUT2D eigenvalue weighted by molar-refractivity contribution is 7.98. The molecule has 1 fully saturated rings. The third kappa shape index (κ3) is 4.86. The number of carbonyl (C=O) groups excluding carboxylic acids is 1. The van der Waals surface area contributed by atoms with E-state index >= 15 is 0 Å². The highest BCUT2D eigenvalue weighted by Crippen LogP contribution is 2.45. The number of aromatic nitrogens is 3. The summed E-state index contributed by atoms with van der Waals surface area (Å²) in [4.78, 5) is 16.9. The molecule has 0 bridgehead atoms. The number of nitrogens with one attached hydrogen (secondary N) is 1. The Morgan fingerprint density at radius 1 is 1.31 bits per heavy atom. The Labute approximate surface area is 182 Å². The standard InChI is InChI=1S/C19H19F7N4OS/c1-10-14(16(31)28-12-4-6-27-13(7-12)32-2)30(9-11-3-5-17(20,21)8-11)29-15(10)18(22,23)19(24,25)26/h4,6-7,11H,3,5,8-9H2,1-2H3,(H,27,28,31). The molecule has 1 saturated carbocycles. The van der Waals surface area contributed by atoms with E-state index in [0.29, 0.717) is 9.71 Å². The van der Waals surface area contributed by atoms with Crippen LogP contribution in [0.3, 0.4) is 0 Å². The fourth-order valence-corrected chi connectivity index (χ4v) is 4.05. The first kappa shape index (κ1) is 24.3. The molecule has 2 aromatic rings. The quantitative estimate of drug-likeness (QED) is 0.425. The van der Waals surface area contributed by atoms with Crippen LogP contribution in [0.5, 0.6) is 0 Å². The number of thioether (sulfide) groups is 1. The lowest BCUT2D eigenvalue weighted by Crippen LogP contribution is -2.35. The topological polar surface area (TPSA) is 59.8 Å². The second-order valence-corrected chi connectivity index (χ2v) is 8.41. The van der Waals surface area contributed by atoms with Gasteiger partial charge in [-0.15, -0.1) is 11.8 Å². The number of nitrogens with zero attached hydrogens (tertiary/aromatic N) is 3. The maximum absolute atomic E-state index is 14.1. The zero-order valence-electron chi connectivity index (χ0n) is 16.9. The third-order valence-electron chi connectivity index (χ3n) is 5.20. The molecular weight excluding hydrogens is 465 g/mol. The lowest BCUT2D eigenvalue weighted by Gasteiger charge is -2.18. The van der Waals surface area contributed by atoms with Gasteiger partial charge in [0, 0.05) is 36.8 Å². The Balaban J connectivity index is 2.00. The summed E-state index contributed by atoms with van der Waals surface area (Å²) in [5, 5.41) is 6.34. The van der Waals surface area contributed by atoms with E-state index in [1.807, 2.05) is 0 Å². The second-order valence-electron chi connectivity index (χ2n) is 7.58. The predicted molar refractivity (Wildman–Crippen MR) is 103 cm³/mol. The average Bonchev–Trinajstić information content (AvgIpc) is 3.20. The minimum absolute atomic E-state index is 0.0272. The molecule has 0 saturated heterocycles. The van der Waals surface area contributed by atoms with Gasteiger partial charge in [0.15, 0.2) is 0 Å². The number of carbonyl (C=O) groups is 1. The predicted octanol–water partition coefficient (Wildman–Crippen LogP) is 5.65. The van der Waals surface area contributed by atoms with Crippen molar-refractivity contribution < 1.29 is 35.5 Å². The van der Waals surface area contributed by atoms with Gasteiger partial charge in [-0.2, -0.15) is 27.1 Å². The molecule has 13 heteroatoms. The Bertz CT molecular complexity index is 1010. The van der Waals surface area contributed by atoms with Crippen LogP contribution >= 0.6 is 11.8 Å². The highest BCUT2D eigenvalue weighted by Gasteiger charge is 2.61. The van der Waals surface area contributed by atoms with E-state index < -0.39 is 59.6 Å². The number of amides is 1. The Kier molecular flexibility index (Phi) is 6.51. The molecule has 1 atom stereocenters. The van der Waals surface area contributed by atoms with Gasteiger partial charge >= 0.3 is 12.1 Å². The monoisotopic (exact) mass is 484 g/mol. The maximum atomic E-state index is 14.1. The first-order chi connectivity index (χ1) is 14.7. The smallest absolute Gasteiger partial charge is 0.321 e. The van der Waals surface area contributed by atoms with Gasteiger partial charge < -0.3 is 5.32 Å². The molecule has 1 aliphatic rings. The number of rotatable bonds is 6. The molecule has 1 aliphatic carbocycles. The molecule has 2 heterocycles. The van der Waals surface area contributed by atoms with Crippen LogP contribution in [0.15, 0.2) is 23.4 Å². The molecule has 5 nitrogen and oxygen atoms in total. The van der Waals surface area contributed by atoms with Gasteiger partial charge in [-0.05, 0) is 37.7 Å². The molecule has 32 heavy (non-hydrogen) atoms. The highest BCUT2D eigenvalue weighted by atomic mass is 32.2. The lowest BCUT2D eigenvalue weighted by molar-refractivity contribution is -0.291. The minimum Gasteiger partial charge on any atom is -0.321 e. The first-order valence-corrected chi connectivity index (χ1v) is 10.7. The van der Waals surface area contributed by atoms with Crippen molar-refractivity contribution in [3.63, 3.8) is 0 Å². The van der Waals surface area contributed by atoms with Crippen molar-refractivity contribution in [1.29, 1.82) is 0 Å². The van der Waals surface area contributed by atoms with Crippen molar-refractivity contribution in [3.8, 4) is 0 Å². The summed E-state index contributed by atoms with van der Waals surface area (Å²) in [6, 6.07) is 2.90. The molecule has 1 unspecified atom stereocenters. The van der Waals surface area contributed by atoms with E-state index in [0.717, 1.165) is 6.92 Å². The summed E-state index contributed by atoms with van der Waals surface area (Å²) in [5.74, 6) is -9.99. The number of hydrogen-bond acceptors (Lipinski definition) is 4. The van der Waals surface area contributed by atoms with Crippen LogP contribution in [0.4, 0.5) is 36.4 Å². The van der Waals surface area contributed by atoms with Gasteiger partial charge in [0.05, 0.1) is 5.03 Å². The molecule has 0 radical (unpaired) electrons. The summed E-state index contributed by atoms with van der Waals surface area (Å²) in [7, 11) is 0. The molecule has 0 aliphatic heterocycles. The van der Waals surface area contributed by atoms with E-state index in [1.54, 1.807) is 6.26 Å². The minimum atomic E-state index is -5.94. The Hall–Kier alpha value is -2.31. The lowest BCUT2D eigenvalue weighted by atomic mass is 10.1. The first-order valence-electron chi connectivity index (χ1n) is 9.47. The zero-order valence-corrected chi connectivity index (χ0v) is 17.8. The fourth-order valence-electron chi connectivity index (χ4n) is 3.63. The van der Waals surface area contributed by atoms with Crippen molar-refractivity contribution in [2.75, 3.05) is 11.6 Å². The van der Waals surface area contributed by atoms with Crippen LogP contribution in [0.1, 0.15) is 41.0 Å². The van der Waals surface area contributed by atoms with Crippen molar-refractivity contribution in [2.24, 2.45) is 5.92 Å². The van der Waals surface area contributed by atoms with Crippen molar-refractivity contribution in [3.05, 3.63) is 35.3 Å². The van der Waals surface area contributed by atoms with E-state index in [-0.39, 0.29) is 18.7 Å². The number of hydrogen-bond donors (Lipinski definition) is 1. The van der Waals surface area contributed by atoms with E-state index in [2.05, 4.69) is 15.4 Å². The molecule has 176 valence electrons. The molecule has 3 rings (SSSR count). The average molecular weight is 484 g/mol. The summed E-state index contributed by atoms with van der Waals surface area (Å²) < 4.78 is 94.9. The number of halogens is 7. The number of alkyl halides is 7. The number of anilines is 1. The number of pyridine rings is 1. The van der Waals surface area contributed by atoms with E-state index in [1.165, 1.54) is 30.1 Å². The van der Waals surface area contributed by atoms with Crippen molar-refractivity contribution in [1.82, 2.24) is 14.8 Å². The Morgan fingerprint density at radius 2 is 2.00 bits per heavy atom. The molecule has 2 aromatic heterocycles. The van der Waals surface area contributed by atoms with Gasteiger partial charge in [-0.1, -0.05) is 0 Å². The Morgan fingerprint density at radius 3 is 2.56 bits per heavy atom. The molecular formula is C19H19F7N4OS. The molecule has 1 N–H and O–H groups in total. The van der Waals surface area contributed by atoms with Crippen LogP contribution in [0.2, 0.25) is 0 Å². The van der Waals surface area contributed by atoms with Gasteiger partial charge in [-0.3, -0.25) is 9.48 Å². The van der Waals surface area contributed by atoms with Gasteiger partial charge in [0.25, 0.3) is 5.91 Å². The van der Waals surface area contributed by atoms with Crippen LogP contribution in [-0.4, -0.2) is 39.0 Å². The van der Waals surface area contributed by atoms with Crippen molar-refractivity contribution in [2.45, 2.75) is 55.8 Å². The van der Waals surface area contributed by atoms with Gasteiger partial charge in [0.1, 0.15) is 11.4 Å². The molecule has 0 spiro atoms. The largest absolute Gasteiger partial charge is 0.459 e. The summed E-state index contributed by atoms with van der Waals surface area (Å²) >= 11 is 1.27. The summed E-state index contributed by atoms with van der Waals surface area (Å²) in [6.45, 7) is 0.538. The van der Waals surface area contributed by atoms with Crippen LogP contribution in [0, 0.1) is 12.8 Å². The van der Waals surface area contributed by atoms with Gasteiger partial charge in [0.2, 0.25) is 5.92 Å². The SMILES string of the molecule is CSc1cc(NC(=O)c2c(C)c(C(F)(F)C(F)(F)F)nn2CC2CCC(F)(F)C2)ccn1. The maximum Gasteiger partial charge on any atom is 0.459 e. The second kappa shape index (κ2) is 8.56. The molecule has 1 amide bonds. The normalized spacial score (nSPS) is 18.7. The van der Waals surface area contributed by atoms with Crippen molar-refractivity contribution >= 4 is 23.4 Å². The zero-order chi connectivity index (χ0) is 23.9. The molecule has 0 aromatic carbocycles. The summed E-state index contributed by atoms with van der Waals surface area (Å²) in [5.41, 5.74) is -2.60. The van der Waals surface area contributed by atoms with Gasteiger partial charge in [-0.25, -0.2) is 13.8 Å². The van der Waals surface area contributed by atoms with Crippen LogP contribution < -0.4 is 5.32 Å². The fraction of sp³-hybridized carbons (Fsp3) is 0.526. The third-order valence-corrected chi connectivity index (χ3v) is 5.84.